The summed E-state index contributed by atoms with van der Waals surface area (Å²) in [5, 5.41) is 10.9. The smallest absolute Gasteiger partial charge is 0.326 e. The maximum atomic E-state index is 12.0. The van der Waals surface area contributed by atoms with Gasteiger partial charge >= 0.3 is 12.0 Å². The normalized spacial score (nSPS) is 12.3. The minimum absolute atomic E-state index is 0.267. The number of hydrogen-bond acceptors (Lipinski definition) is 2. The fourth-order valence-electron chi connectivity index (χ4n) is 1.10. The van der Waals surface area contributed by atoms with E-state index in [4.69, 9.17) is 5.11 Å². The lowest BCUT2D eigenvalue weighted by molar-refractivity contribution is -0.139. The zero-order valence-electron chi connectivity index (χ0n) is 9.24. The Morgan fingerprint density at radius 3 is 2.38 bits per heavy atom. The molecule has 0 aromatic rings. The highest BCUT2D eigenvalue weighted by atomic mass is 19.3. The molecule has 16 heavy (non-hydrogen) atoms. The first kappa shape index (κ1) is 14.6. The molecular formula is C9H16F2N2O3. The number of nitrogens with zero attached hydrogens (tertiary/aromatic N) is 1. The van der Waals surface area contributed by atoms with Crippen LogP contribution in [0.2, 0.25) is 0 Å². The standard InChI is InChI=1S/C9H16F2N2O3/c1-3-4-6(8(14)15)12-9(16)13(2)5-7(10)11/h6-7H,3-5H2,1-2H3,(H,12,16)(H,14,15)/t6-/m0/s1. The number of carbonyl (C=O) groups is 2. The van der Waals surface area contributed by atoms with E-state index in [1.165, 1.54) is 7.05 Å². The number of hydrogen-bond donors (Lipinski definition) is 2. The van der Waals surface area contributed by atoms with Gasteiger partial charge in [0.2, 0.25) is 0 Å². The molecule has 7 heteroatoms. The van der Waals surface area contributed by atoms with Crippen LogP contribution in [-0.4, -0.2) is 48.1 Å². The summed E-state index contributed by atoms with van der Waals surface area (Å²) in [5.74, 6) is -1.17. The molecule has 0 radical (unpaired) electrons. The third-order valence-corrected chi connectivity index (χ3v) is 1.93. The van der Waals surface area contributed by atoms with Gasteiger partial charge in [-0.1, -0.05) is 13.3 Å². The van der Waals surface area contributed by atoms with Crippen LogP contribution < -0.4 is 5.32 Å². The molecule has 2 N–H and O–H groups in total. The average Bonchev–Trinajstić information content (AvgIpc) is 2.15. The maximum Gasteiger partial charge on any atom is 0.326 e. The highest BCUT2D eigenvalue weighted by Crippen LogP contribution is 2.00. The molecule has 1 atom stereocenters. The highest BCUT2D eigenvalue weighted by Gasteiger charge is 2.21. The number of amides is 2. The van der Waals surface area contributed by atoms with Crippen LogP contribution in [0.15, 0.2) is 0 Å². The molecule has 0 aliphatic carbocycles. The number of halogens is 2. The number of nitrogens with one attached hydrogen (secondary N) is 1. The van der Waals surface area contributed by atoms with Gasteiger partial charge in [-0.2, -0.15) is 0 Å². The quantitative estimate of drug-likeness (QED) is 0.729. The molecule has 0 aliphatic rings. The van der Waals surface area contributed by atoms with Crippen molar-refractivity contribution in [1.29, 1.82) is 0 Å². The molecule has 0 heterocycles. The van der Waals surface area contributed by atoms with Gasteiger partial charge < -0.3 is 15.3 Å². The van der Waals surface area contributed by atoms with E-state index in [2.05, 4.69) is 5.32 Å². The Labute approximate surface area is 92.4 Å². The summed E-state index contributed by atoms with van der Waals surface area (Å²) in [6.45, 7) is 1.05. The lowest BCUT2D eigenvalue weighted by Crippen LogP contribution is -2.47. The van der Waals surface area contributed by atoms with Crippen LogP contribution in [0.5, 0.6) is 0 Å². The monoisotopic (exact) mass is 238 g/mol. The van der Waals surface area contributed by atoms with E-state index in [1.54, 1.807) is 6.92 Å². The molecule has 0 aliphatic heterocycles. The predicted octanol–water partition coefficient (Wildman–Crippen LogP) is 1.15. The van der Waals surface area contributed by atoms with Gasteiger partial charge in [-0.15, -0.1) is 0 Å². The van der Waals surface area contributed by atoms with Crippen molar-refractivity contribution in [2.45, 2.75) is 32.2 Å². The Morgan fingerprint density at radius 2 is 2.00 bits per heavy atom. The van der Waals surface area contributed by atoms with Gasteiger partial charge in [0.25, 0.3) is 6.43 Å². The van der Waals surface area contributed by atoms with Gasteiger partial charge in [0.15, 0.2) is 0 Å². The van der Waals surface area contributed by atoms with Crippen molar-refractivity contribution in [3.05, 3.63) is 0 Å². The Kier molecular flexibility index (Phi) is 6.36. The van der Waals surface area contributed by atoms with Crippen molar-refractivity contribution in [2.75, 3.05) is 13.6 Å². The van der Waals surface area contributed by atoms with Gasteiger partial charge in [0.1, 0.15) is 6.04 Å². The minimum atomic E-state index is -2.63. The van der Waals surface area contributed by atoms with E-state index in [1.807, 2.05) is 0 Å². The highest BCUT2D eigenvalue weighted by molar-refractivity contribution is 5.82. The third kappa shape index (κ3) is 5.47. The van der Waals surface area contributed by atoms with Gasteiger partial charge in [-0.25, -0.2) is 18.4 Å². The van der Waals surface area contributed by atoms with E-state index in [-0.39, 0.29) is 6.42 Å². The summed E-state index contributed by atoms with van der Waals surface area (Å²) in [5.41, 5.74) is 0. The van der Waals surface area contributed by atoms with Gasteiger partial charge in [-0.3, -0.25) is 0 Å². The second-order valence-corrected chi connectivity index (χ2v) is 3.40. The number of aliphatic carboxylic acids is 1. The van der Waals surface area contributed by atoms with Gasteiger partial charge in [0.05, 0.1) is 6.54 Å². The molecule has 5 nitrogen and oxygen atoms in total. The predicted molar refractivity (Wildman–Crippen MR) is 53.5 cm³/mol. The Bertz CT molecular complexity index is 249. The van der Waals surface area contributed by atoms with E-state index in [0.717, 1.165) is 4.90 Å². The van der Waals surface area contributed by atoms with E-state index in [0.29, 0.717) is 6.42 Å². The molecule has 0 saturated heterocycles. The zero-order chi connectivity index (χ0) is 12.7. The first-order valence-electron chi connectivity index (χ1n) is 4.91. The van der Waals surface area contributed by atoms with Crippen LogP contribution in [-0.2, 0) is 4.79 Å². The fourth-order valence-corrected chi connectivity index (χ4v) is 1.10. The zero-order valence-corrected chi connectivity index (χ0v) is 9.24. The summed E-state index contributed by atoms with van der Waals surface area (Å²) in [6, 6.07) is -1.83. The Morgan fingerprint density at radius 1 is 1.44 bits per heavy atom. The lowest BCUT2D eigenvalue weighted by Gasteiger charge is -2.20. The third-order valence-electron chi connectivity index (χ3n) is 1.93. The number of rotatable bonds is 6. The number of carbonyl (C=O) groups excluding carboxylic acids is 1. The molecule has 0 rings (SSSR count). The van der Waals surface area contributed by atoms with Gasteiger partial charge in [-0.05, 0) is 6.42 Å². The molecular weight excluding hydrogens is 222 g/mol. The fraction of sp³-hybridized carbons (Fsp3) is 0.778. The maximum absolute atomic E-state index is 12.0. The van der Waals surface area contributed by atoms with E-state index < -0.39 is 31.0 Å². The molecule has 0 fully saturated rings. The molecule has 0 bridgehead atoms. The van der Waals surface area contributed by atoms with Crippen molar-refractivity contribution in [1.82, 2.24) is 10.2 Å². The number of carboxylic acid groups (broad SMARTS) is 1. The molecule has 0 spiro atoms. The first-order chi connectivity index (χ1) is 7.38. The lowest BCUT2D eigenvalue weighted by atomic mass is 10.2. The van der Waals surface area contributed by atoms with Crippen molar-refractivity contribution in [3.63, 3.8) is 0 Å². The molecule has 0 unspecified atom stereocenters. The topological polar surface area (TPSA) is 69.6 Å². The number of carboxylic acids is 1. The summed E-state index contributed by atoms with van der Waals surface area (Å²) < 4.78 is 23.9. The summed E-state index contributed by atoms with van der Waals surface area (Å²) in [4.78, 5) is 22.7. The number of urea groups is 1. The van der Waals surface area contributed by atoms with Crippen LogP contribution in [0, 0.1) is 0 Å². The van der Waals surface area contributed by atoms with Crippen LogP contribution >= 0.6 is 0 Å². The van der Waals surface area contributed by atoms with Crippen LogP contribution in [0.3, 0.4) is 0 Å². The van der Waals surface area contributed by atoms with Crippen LogP contribution in [0.4, 0.5) is 13.6 Å². The first-order valence-corrected chi connectivity index (χ1v) is 4.91. The van der Waals surface area contributed by atoms with E-state index >= 15 is 0 Å². The van der Waals surface area contributed by atoms with Crippen molar-refractivity contribution < 1.29 is 23.5 Å². The molecule has 0 saturated carbocycles. The van der Waals surface area contributed by atoms with E-state index in [9.17, 15) is 18.4 Å². The minimum Gasteiger partial charge on any atom is -0.480 e. The molecule has 0 aromatic carbocycles. The largest absolute Gasteiger partial charge is 0.480 e. The van der Waals surface area contributed by atoms with Crippen molar-refractivity contribution in [2.24, 2.45) is 0 Å². The van der Waals surface area contributed by atoms with Crippen LogP contribution in [0.1, 0.15) is 19.8 Å². The summed E-state index contributed by atoms with van der Waals surface area (Å²) >= 11 is 0. The summed E-state index contributed by atoms with van der Waals surface area (Å²) in [7, 11) is 1.19. The molecule has 94 valence electrons. The Balaban J connectivity index is 4.23. The SMILES string of the molecule is CCC[C@H](NC(=O)N(C)CC(F)F)C(=O)O. The second kappa shape index (κ2) is 6.97. The van der Waals surface area contributed by atoms with Crippen LogP contribution in [0.25, 0.3) is 0 Å². The van der Waals surface area contributed by atoms with Crippen molar-refractivity contribution in [3.8, 4) is 0 Å². The molecule has 0 aromatic heterocycles. The van der Waals surface area contributed by atoms with Crippen molar-refractivity contribution >= 4 is 12.0 Å². The second-order valence-electron chi connectivity index (χ2n) is 3.40. The summed E-state index contributed by atoms with van der Waals surface area (Å²) in [6.07, 6.45) is -1.79. The average molecular weight is 238 g/mol. The Hall–Kier alpha value is -1.40. The number of alkyl halides is 2. The molecule has 2 amide bonds. The van der Waals surface area contributed by atoms with Gasteiger partial charge in [0, 0.05) is 7.05 Å².